The van der Waals surface area contributed by atoms with Gasteiger partial charge in [0.1, 0.15) is 69.4 Å². The highest BCUT2D eigenvalue weighted by molar-refractivity contribution is 7.86. The fourth-order valence-electron chi connectivity index (χ4n) is 9.40. The first-order chi connectivity index (χ1) is 33.7. The summed E-state index contributed by atoms with van der Waals surface area (Å²) in [7, 11) is -12.0. The van der Waals surface area contributed by atoms with Gasteiger partial charge >= 0.3 is 0 Å². The van der Waals surface area contributed by atoms with Gasteiger partial charge in [0.2, 0.25) is 0 Å². The lowest BCUT2D eigenvalue weighted by atomic mass is 10.2. The number of ether oxygens (including phenoxy) is 3. The quantitative estimate of drug-likeness (QED) is 0.121. The lowest BCUT2D eigenvalue weighted by Crippen LogP contribution is -2.31. The molecule has 0 atom stereocenters. The molecule has 0 N–H and O–H groups in total. The first-order valence-corrected chi connectivity index (χ1v) is 26.6. The van der Waals surface area contributed by atoms with Crippen molar-refractivity contribution in [1.82, 2.24) is 0 Å². The zero-order valence-corrected chi connectivity index (χ0v) is 38.5. The molecule has 3 aliphatic rings. The Hall–Kier alpha value is -7.55. The van der Waals surface area contributed by atoms with Gasteiger partial charge in [-0.15, -0.1) is 0 Å². The van der Waals surface area contributed by atoms with E-state index in [2.05, 4.69) is 0 Å². The average molecular weight is 996 g/mol. The summed E-state index contributed by atoms with van der Waals surface area (Å²) in [6.07, 6.45) is 0. The average Bonchev–Trinajstić information content (AvgIpc) is 3.36. The van der Waals surface area contributed by atoms with Crippen molar-refractivity contribution >= 4 is 86.2 Å². The number of anilines is 3. The molecule has 0 aliphatic carbocycles. The van der Waals surface area contributed by atoms with E-state index in [0.29, 0.717) is 17.1 Å². The van der Waals surface area contributed by atoms with Crippen LogP contribution in [-0.4, -0.2) is 0 Å². The van der Waals surface area contributed by atoms with Crippen molar-refractivity contribution in [1.29, 1.82) is 0 Å². The molecule has 0 fully saturated rings. The molecule has 0 saturated heterocycles. The van der Waals surface area contributed by atoms with E-state index in [1.54, 1.807) is 77.7 Å². The van der Waals surface area contributed by atoms with Crippen LogP contribution in [0.2, 0.25) is 0 Å². The molecule has 16 heteroatoms. The molecule has 7 nitrogen and oxygen atoms in total. The van der Waals surface area contributed by atoms with Gasteiger partial charge in [-0.2, -0.15) is 0 Å². The second-order valence-corrected chi connectivity index (χ2v) is 24.8. The molecule has 0 spiro atoms. The molecular weight excluding hydrogens is 966 g/mol. The van der Waals surface area contributed by atoms with Gasteiger partial charge < -0.3 is 32.8 Å². The van der Waals surface area contributed by atoms with Gasteiger partial charge in [-0.1, -0.05) is 0 Å². The number of fused-ring (bicyclic) bond motifs is 6. The number of benzene rings is 9. The maximum Gasteiger partial charge on any atom is 0.178 e. The molecule has 12 rings (SSSR count). The van der Waals surface area contributed by atoms with Gasteiger partial charge in [0.25, 0.3) is 0 Å². The summed E-state index contributed by atoms with van der Waals surface area (Å²) >= 11 is 0. The van der Waals surface area contributed by atoms with Crippen molar-refractivity contribution in [3.05, 3.63) is 217 Å². The van der Waals surface area contributed by atoms with Crippen LogP contribution in [0.3, 0.4) is 0 Å². The van der Waals surface area contributed by atoms with E-state index in [9.17, 15) is 26.3 Å². The third-order valence-electron chi connectivity index (χ3n) is 12.6. The Morgan fingerprint density at radius 2 is 0.457 bits per heavy atom. The molecule has 0 bridgehead atoms. The highest BCUT2D eigenvalue weighted by Gasteiger charge is 2.43. The van der Waals surface area contributed by atoms with Crippen molar-refractivity contribution in [2.45, 2.75) is 0 Å². The smallest absolute Gasteiger partial charge is 0.178 e. The van der Waals surface area contributed by atoms with Crippen LogP contribution in [0.1, 0.15) is 0 Å². The Labute approximate surface area is 395 Å². The van der Waals surface area contributed by atoms with E-state index in [-0.39, 0.29) is 82.2 Å². The number of hydrogen-bond donors (Lipinski definition) is 0. The number of nitrogens with zero attached hydrogens (tertiary/aromatic N) is 1. The first-order valence-electron chi connectivity index (χ1n) is 21.5. The van der Waals surface area contributed by atoms with Crippen LogP contribution in [0.5, 0.6) is 34.5 Å². The van der Waals surface area contributed by atoms with E-state index in [4.69, 9.17) is 14.2 Å². The lowest BCUT2D eigenvalue weighted by molar-refractivity contribution is 0.481. The topological polar surface area (TPSA) is 82.1 Å². The van der Waals surface area contributed by atoms with Crippen LogP contribution in [0.15, 0.2) is 182 Å². The first kappa shape index (κ1) is 43.7. The monoisotopic (exact) mass is 995 g/mol. The fourth-order valence-corrected chi connectivity index (χ4v) is 18.0. The Kier molecular flexibility index (Phi) is 9.99. The third-order valence-corrected chi connectivity index (χ3v) is 21.9. The Balaban J connectivity index is 1.01. The maximum absolute atomic E-state index is 15.5. The number of hydrogen-bond acceptors (Lipinski definition) is 7. The van der Waals surface area contributed by atoms with Crippen LogP contribution in [0, 0.1) is 34.9 Å². The lowest BCUT2D eigenvalue weighted by Gasteiger charge is -2.31. The van der Waals surface area contributed by atoms with E-state index in [1.807, 2.05) is 0 Å². The fraction of sp³-hybridized carbons (Fsp3) is 0. The van der Waals surface area contributed by atoms with Crippen LogP contribution >= 0.6 is 21.4 Å². The normalized spacial score (nSPS) is 15.0. The molecule has 70 heavy (non-hydrogen) atoms. The van der Waals surface area contributed by atoms with Crippen molar-refractivity contribution in [3.63, 3.8) is 0 Å². The SMILES string of the molecule is O=P1(c2ccc(N(c3ccc(P4(=O)c5cc(F)ccc5Oc5ccc(F)cc54)cc3)c3ccc(P4(=O)c5cc(F)ccc5Oc5ccc(F)cc54)cc3)cc2)c2cc(F)ccc2Oc2ccc(F)cc21. The number of halogens is 6. The second kappa shape index (κ2) is 16.0. The van der Waals surface area contributed by atoms with E-state index < -0.39 is 56.3 Å². The summed E-state index contributed by atoms with van der Waals surface area (Å²) in [5, 5.41) is 0.928. The highest BCUT2D eigenvalue weighted by Crippen LogP contribution is 2.55. The molecular formula is C54H30F6NO6P3. The molecule has 0 radical (unpaired) electrons. The van der Waals surface area contributed by atoms with E-state index >= 15 is 13.7 Å². The van der Waals surface area contributed by atoms with Gasteiger partial charge in [-0.05, 0) is 182 Å². The Morgan fingerprint density at radius 3 is 0.643 bits per heavy atom. The van der Waals surface area contributed by atoms with Gasteiger partial charge in [-0.3, -0.25) is 0 Å². The van der Waals surface area contributed by atoms with Crippen molar-refractivity contribution < 1.29 is 54.2 Å². The minimum atomic E-state index is -3.99. The summed E-state index contributed by atoms with van der Waals surface area (Å²) in [6.45, 7) is 0. The zero-order chi connectivity index (χ0) is 48.3. The molecule has 9 aromatic rings. The van der Waals surface area contributed by atoms with Gasteiger partial charge in [0, 0.05) is 33.0 Å². The largest absolute Gasteiger partial charge is 0.456 e. The second-order valence-electron chi connectivity index (χ2n) is 16.7. The summed E-state index contributed by atoms with van der Waals surface area (Å²) in [6, 6.07) is 41.3. The Bertz CT molecular complexity index is 3270. The molecule has 0 amide bonds. The molecule has 9 aromatic carbocycles. The van der Waals surface area contributed by atoms with E-state index in [1.165, 1.54) is 72.8 Å². The van der Waals surface area contributed by atoms with Crippen LogP contribution in [0.4, 0.5) is 43.4 Å². The third kappa shape index (κ3) is 6.71. The van der Waals surface area contributed by atoms with Gasteiger partial charge in [0.15, 0.2) is 21.4 Å². The standard InChI is InChI=1S/C54H30F6NO6P3/c55-31-1-19-43-49(25-31)68(62,50-26-32(56)2-20-44(50)65-43)40-13-7-37(8-14-40)61(38-9-15-41(16-10-38)69(63)51-27-33(57)3-21-45(51)66-46-22-4-34(58)28-52(46)69)39-11-17-42(18-12-39)70(64)53-29-35(59)5-23-47(53)67-48-24-6-36(60)30-54(48)70/h1-30H. The number of rotatable bonds is 6. The molecule has 3 aliphatic heterocycles. The van der Waals surface area contributed by atoms with Gasteiger partial charge in [-0.25, -0.2) is 26.3 Å². The molecule has 0 aromatic heterocycles. The molecule has 0 saturated carbocycles. The molecule has 0 unspecified atom stereocenters. The van der Waals surface area contributed by atoms with Crippen LogP contribution < -0.4 is 66.9 Å². The predicted octanol–water partition coefficient (Wildman–Crippen LogP) is 11.2. The molecule has 3 heterocycles. The van der Waals surface area contributed by atoms with Crippen LogP contribution in [0.25, 0.3) is 0 Å². The summed E-state index contributed by atoms with van der Waals surface area (Å²) in [5.74, 6) is -3.16. The predicted molar refractivity (Wildman–Crippen MR) is 259 cm³/mol. The minimum Gasteiger partial charge on any atom is -0.456 e. The zero-order valence-electron chi connectivity index (χ0n) is 35.8. The molecule has 344 valence electrons. The van der Waals surface area contributed by atoms with Crippen LogP contribution in [-0.2, 0) is 13.7 Å². The summed E-state index contributed by atoms with van der Waals surface area (Å²) < 4.78 is 154. The Morgan fingerprint density at radius 1 is 0.271 bits per heavy atom. The highest BCUT2D eigenvalue weighted by atomic mass is 31.2. The van der Waals surface area contributed by atoms with Gasteiger partial charge in [0.05, 0.1) is 31.8 Å². The summed E-state index contributed by atoms with van der Waals surface area (Å²) in [4.78, 5) is 1.76. The minimum absolute atomic E-state index is 0.0400. The summed E-state index contributed by atoms with van der Waals surface area (Å²) in [5.41, 5.74) is 1.37. The maximum atomic E-state index is 15.5. The van der Waals surface area contributed by atoms with Crippen molar-refractivity contribution in [2.24, 2.45) is 0 Å². The van der Waals surface area contributed by atoms with Crippen molar-refractivity contribution in [2.75, 3.05) is 4.90 Å². The van der Waals surface area contributed by atoms with Crippen molar-refractivity contribution in [3.8, 4) is 34.5 Å². The van der Waals surface area contributed by atoms with E-state index in [0.717, 1.165) is 36.4 Å².